The van der Waals surface area contributed by atoms with Gasteiger partial charge in [-0.25, -0.2) is 4.98 Å². The molecule has 0 unspecified atom stereocenters. The zero-order chi connectivity index (χ0) is 25.8. The number of aromatic amines is 1. The van der Waals surface area contributed by atoms with Gasteiger partial charge in [-0.15, -0.1) is 0 Å². The summed E-state index contributed by atoms with van der Waals surface area (Å²) < 4.78 is 11.3. The maximum Gasteiger partial charge on any atom is 0.272 e. The van der Waals surface area contributed by atoms with Crippen LogP contribution < -0.4 is 20.1 Å². The predicted molar refractivity (Wildman–Crippen MR) is 140 cm³/mol. The molecule has 2 aromatic carbocycles. The monoisotopic (exact) mass is 499 g/mol. The molecular formula is C28H29N5O4. The Morgan fingerprint density at radius 1 is 1.08 bits per heavy atom. The van der Waals surface area contributed by atoms with Crippen LogP contribution in [0.3, 0.4) is 0 Å². The highest BCUT2D eigenvalue weighted by molar-refractivity contribution is 6.05. The molecule has 37 heavy (non-hydrogen) atoms. The van der Waals surface area contributed by atoms with E-state index in [-0.39, 0.29) is 17.7 Å². The summed E-state index contributed by atoms with van der Waals surface area (Å²) in [5.41, 5.74) is 3.86. The first-order chi connectivity index (χ1) is 18.1. The van der Waals surface area contributed by atoms with E-state index in [0.717, 1.165) is 29.0 Å². The maximum absolute atomic E-state index is 13.1. The summed E-state index contributed by atoms with van der Waals surface area (Å²) in [7, 11) is 3.05. The van der Waals surface area contributed by atoms with Crippen LogP contribution >= 0.6 is 0 Å². The molecule has 1 saturated carbocycles. The van der Waals surface area contributed by atoms with Crippen LogP contribution in [0, 0.1) is 5.92 Å². The molecule has 1 aliphatic carbocycles. The van der Waals surface area contributed by atoms with Crippen molar-refractivity contribution < 1.29 is 19.1 Å². The van der Waals surface area contributed by atoms with Crippen LogP contribution in [0.15, 0.2) is 54.7 Å². The van der Waals surface area contributed by atoms with Gasteiger partial charge in [-0.2, -0.15) is 5.10 Å². The second-order valence-electron chi connectivity index (χ2n) is 9.13. The summed E-state index contributed by atoms with van der Waals surface area (Å²) in [6, 6.07) is 15.1. The summed E-state index contributed by atoms with van der Waals surface area (Å²) >= 11 is 0. The minimum absolute atomic E-state index is 0.239. The number of nitrogens with one attached hydrogen (secondary N) is 3. The minimum atomic E-state index is -0.295. The fourth-order valence-electron chi connectivity index (χ4n) is 4.32. The fourth-order valence-corrected chi connectivity index (χ4v) is 4.32. The highest BCUT2D eigenvalue weighted by atomic mass is 16.5. The number of hydrogen-bond acceptors (Lipinski definition) is 6. The normalized spacial score (nSPS) is 13.1. The number of fused-ring (bicyclic) bond motifs is 1. The van der Waals surface area contributed by atoms with Gasteiger partial charge < -0.3 is 20.1 Å². The van der Waals surface area contributed by atoms with Crippen LogP contribution in [-0.4, -0.2) is 47.8 Å². The number of hydrogen-bond donors (Lipinski definition) is 3. The molecule has 0 atom stereocenters. The van der Waals surface area contributed by atoms with Gasteiger partial charge in [-0.05, 0) is 60.2 Å². The average molecular weight is 500 g/mol. The summed E-state index contributed by atoms with van der Waals surface area (Å²) in [4.78, 5) is 29.5. The number of ether oxygens (including phenoxy) is 2. The minimum Gasteiger partial charge on any atom is -0.493 e. The molecule has 1 fully saturated rings. The number of amides is 2. The molecule has 1 aliphatic rings. The van der Waals surface area contributed by atoms with Crippen molar-refractivity contribution in [1.29, 1.82) is 0 Å². The fraction of sp³-hybridized carbons (Fsp3) is 0.286. The second kappa shape index (κ2) is 10.7. The third-order valence-electron chi connectivity index (χ3n) is 6.69. The summed E-state index contributed by atoms with van der Waals surface area (Å²) in [5, 5.41) is 13.3. The molecule has 2 aromatic heterocycles. The van der Waals surface area contributed by atoms with Crippen molar-refractivity contribution in [1.82, 2.24) is 25.8 Å². The number of rotatable bonds is 9. The second-order valence-corrected chi connectivity index (χ2v) is 9.13. The van der Waals surface area contributed by atoms with Crippen LogP contribution in [0.2, 0.25) is 0 Å². The molecule has 0 saturated heterocycles. The van der Waals surface area contributed by atoms with Gasteiger partial charge in [0.05, 0.1) is 19.2 Å². The summed E-state index contributed by atoms with van der Waals surface area (Å²) in [5.74, 6) is 1.15. The Balaban J connectivity index is 1.31. The molecule has 0 radical (unpaired) electrons. The van der Waals surface area contributed by atoms with Gasteiger partial charge in [0.1, 0.15) is 11.3 Å². The molecule has 9 heteroatoms. The Morgan fingerprint density at radius 3 is 2.70 bits per heavy atom. The predicted octanol–water partition coefficient (Wildman–Crippen LogP) is 4.10. The van der Waals surface area contributed by atoms with Crippen LogP contribution in [0.4, 0.5) is 0 Å². The number of carbonyl (C=O) groups is 2. The topological polar surface area (TPSA) is 118 Å². The maximum atomic E-state index is 13.1. The highest BCUT2D eigenvalue weighted by Gasteiger charge is 2.19. The van der Waals surface area contributed by atoms with Gasteiger partial charge in [0.25, 0.3) is 11.8 Å². The lowest BCUT2D eigenvalue weighted by molar-refractivity contribution is 0.0943. The van der Waals surface area contributed by atoms with E-state index in [9.17, 15) is 9.59 Å². The zero-order valence-corrected chi connectivity index (χ0v) is 20.8. The van der Waals surface area contributed by atoms with Crippen LogP contribution in [0.5, 0.6) is 11.6 Å². The largest absolute Gasteiger partial charge is 0.493 e. The van der Waals surface area contributed by atoms with E-state index in [2.05, 4.69) is 25.8 Å². The Labute approximate surface area is 214 Å². The lowest BCUT2D eigenvalue weighted by Crippen LogP contribution is -2.24. The van der Waals surface area contributed by atoms with E-state index in [1.807, 2.05) is 42.5 Å². The molecule has 0 bridgehead atoms. The SMILES string of the molecule is CNC(=O)c1n[nH]c2cc(-c3cnc(OC)c(C(=O)NCc4cccc(OCC5CCC5)c4)c3)ccc12. The van der Waals surface area contributed by atoms with E-state index < -0.39 is 0 Å². The van der Waals surface area contributed by atoms with E-state index in [4.69, 9.17) is 9.47 Å². The van der Waals surface area contributed by atoms with Crippen molar-refractivity contribution in [3.63, 3.8) is 0 Å². The first kappa shape index (κ1) is 24.3. The zero-order valence-electron chi connectivity index (χ0n) is 20.8. The van der Waals surface area contributed by atoms with Gasteiger partial charge in [0.15, 0.2) is 5.69 Å². The highest BCUT2D eigenvalue weighted by Crippen LogP contribution is 2.29. The Hall–Kier alpha value is -4.40. The molecule has 5 rings (SSSR count). The third-order valence-corrected chi connectivity index (χ3v) is 6.69. The molecule has 2 heterocycles. The standard InChI is InChI=1S/C28H29N5O4/c1-29-27(35)25-22-10-9-19(13-24(22)32-33-25)20-12-23(28(36-2)31-15-20)26(34)30-14-18-7-4-8-21(11-18)37-16-17-5-3-6-17/h4,7-13,15,17H,3,5-6,14,16H2,1-2H3,(H,29,35)(H,30,34)(H,32,33). The van der Waals surface area contributed by atoms with Crippen molar-refractivity contribution in [2.45, 2.75) is 25.8 Å². The molecule has 0 aliphatic heterocycles. The smallest absolute Gasteiger partial charge is 0.272 e. The first-order valence-corrected chi connectivity index (χ1v) is 12.3. The number of nitrogens with zero attached hydrogens (tertiary/aromatic N) is 2. The Bertz CT molecular complexity index is 1440. The third kappa shape index (κ3) is 5.25. The number of aromatic nitrogens is 3. The van der Waals surface area contributed by atoms with Crippen LogP contribution in [0.25, 0.3) is 22.0 Å². The quantitative estimate of drug-likeness (QED) is 0.319. The molecule has 4 aromatic rings. The Morgan fingerprint density at radius 2 is 1.95 bits per heavy atom. The van der Waals surface area contributed by atoms with E-state index in [1.165, 1.54) is 26.4 Å². The number of H-pyrrole nitrogens is 1. The molecule has 0 spiro atoms. The number of methoxy groups -OCH3 is 1. The van der Waals surface area contributed by atoms with Gasteiger partial charge in [-0.3, -0.25) is 14.7 Å². The van der Waals surface area contributed by atoms with E-state index in [0.29, 0.717) is 34.6 Å². The average Bonchev–Trinajstić information content (AvgIpc) is 3.33. The summed E-state index contributed by atoms with van der Waals surface area (Å²) in [6.45, 7) is 1.08. The Kier molecular flexibility index (Phi) is 7.02. The van der Waals surface area contributed by atoms with Crippen molar-refractivity contribution in [3.8, 4) is 22.8 Å². The molecular weight excluding hydrogens is 470 g/mol. The first-order valence-electron chi connectivity index (χ1n) is 12.3. The number of benzene rings is 2. The van der Waals surface area contributed by atoms with Gasteiger partial charge in [0.2, 0.25) is 5.88 Å². The van der Waals surface area contributed by atoms with Gasteiger partial charge in [-0.1, -0.05) is 24.6 Å². The summed E-state index contributed by atoms with van der Waals surface area (Å²) in [6.07, 6.45) is 5.40. The van der Waals surface area contributed by atoms with Crippen molar-refractivity contribution in [3.05, 3.63) is 71.5 Å². The van der Waals surface area contributed by atoms with Crippen molar-refractivity contribution >= 4 is 22.7 Å². The lowest BCUT2D eigenvalue weighted by atomic mass is 9.86. The van der Waals surface area contributed by atoms with E-state index >= 15 is 0 Å². The van der Waals surface area contributed by atoms with Crippen LogP contribution in [0.1, 0.15) is 45.7 Å². The molecule has 9 nitrogen and oxygen atoms in total. The molecule has 2 amide bonds. The van der Waals surface area contributed by atoms with Crippen LogP contribution in [-0.2, 0) is 6.54 Å². The molecule has 3 N–H and O–H groups in total. The van der Waals surface area contributed by atoms with Gasteiger partial charge in [0, 0.05) is 30.7 Å². The van der Waals surface area contributed by atoms with Crippen molar-refractivity contribution in [2.24, 2.45) is 5.92 Å². The van der Waals surface area contributed by atoms with Crippen molar-refractivity contribution in [2.75, 3.05) is 20.8 Å². The molecule has 190 valence electrons. The van der Waals surface area contributed by atoms with E-state index in [1.54, 1.807) is 19.3 Å². The lowest BCUT2D eigenvalue weighted by Gasteiger charge is -2.25. The number of carbonyl (C=O) groups excluding carboxylic acids is 2. The number of pyridine rings is 1. The van der Waals surface area contributed by atoms with Gasteiger partial charge >= 0.3 is 0 Å².